The van der Waals surface area contributed by atoms with Gasteiger partial charge in [-0.2, -0.15) is 0 Å². The Balaban J connectivity index is 2.19. The molecule has 0 bridgehead atoms. The number of nitrogens with one attached hydrogen (secondary N) is 1. The summed E-state index contributed by atoms with van der Waals surface area (Å²) in [5.74, 6) is -2.70. The third kappa shape index (κ3) is 3.45. The Morgan fingerprint density at radius 1 is 1.05 bits per heavy atom. The van der Waals surface area contributed by atoms with Gasteiger partial charge in [0.05, 0.1) is 11.4 Å². The molecule has 106 valence electrons. The molecular weight excluding hydrogens is 286 g/mol. The van der Waals surface area contributed by atoms with Crippen LogP contribution in [0.5, 0.6) is 0 Å². The SMILES string of the molecule is Nc1ccc(CS(=O)(=O)Nc2cccc(F)c2F)cc1. The largest absolute Gasteiger partial charge is 0.399 e. The molecule has 0 saturated carbocycles. The van der Waals surface area contributed by atoms with Crippen LogP contribution in [0.3, 0.4) is 0 Å². The molecule has 0 heterocycles. The van der Waals surface area contributed by atoms with Crippen LogP contribution in [-0.2, 0) is 15.8 Å². The first-order chi connectivity index (χ1) is 9.37. The molecule has 0 atom stereocenters. The van der Waals surface area contributed by atoms with Crippen LogP contribution < -0.4 is 10.5 Å². The number of rotatable bonds is 4. The molecule has 0 radical (unpaired) electrons. The van der Waals surface area contributed by atoms with Gasteiger partial charge in [-0.3, -0.25) is 4.72 Å². The highest BCUT2D eigenvalue weighted by Gasteiger charge is 2.16. The molecule has 0 spiro atoms. The van der Waals surface area contributed by atoms with Crippen molar-refractivity contribution in [2.24, 2.45) is 0 Å². The van der Waals surface area contributed by atoms with Crippen molar-refractivity contribution in [1.29, 1.82) is 0 Å². The number of benzene rings is 2. The van der Waals surface area contributed by atoms with Crippen molar-refractivity contribution >= 4 is 21.4 Å². The molecule has 0 aromatic heterocycles. The Labute approximate surface area is 115 Å². The lowest BCUT2D eigenvalue weighted by molar-refractivity contribution is 0.511. The van der Waals surface area contributed by atoms with Gasteiger partial charge in [-0.15, -0.1) is 0 Å². The third-order valence-corrected chi connectivity index (χ3v) is 3.80. The maximum absolute atomic E-state index is 13.4. The minimum atomic E-state index is -3.84. The molecule has 0 unspecified atom stereocenters. The standard InChI is InChI=1S/C13H12F2N2O2S/c14-11-2-1-3-12(13(11)15)17-20(18,19)8-9-4-6-10(16)7-5-9/h1-7,17H,8,16H2. The summed E-state index contributed by atoms with van der Waals surface area (Å²) >= 11 is 0. The van der Waals surface area contributed by atoms with E-state index in [4.69, 9.17) is 5.73 Å². The Morgan fingerprint density at radius 3 is 2.35 bits per heavy atom. The molecule has 2 aromatic carbocycles. The first-order valence-electron chi connectivity index (χ1n) is 5.66. The summed E-state index contributed by atoms with van der Waals surface area (Å²) in [7, 11) is -3.84. The van der Waals surface area contributed by atoms with Gasteiger partial charge < -0.3 is 5.73 Å². The van der Waals surface area contributed by atoms with Crippen molar-refractivity contribution in [2.75, 3.05) is 10.5 Å². The Morgan fingerprint density at radius 2 is 1.70 bits per heavy atom. The minimum absolute atomic E-state index is 0.358. The Hall–Kier alpha value is -2.15. The van der Waals surface area contributed by atoms with E-state index in [1.807, 2.05) is 4.72 Å². The number of hydrogen-bond donors (Lipinski definition) is 2. The average Bonchev–Trinajstić information content (AvgIpc) is 2.37. The van der Waals surface area contributed by atoms with Crippen molar-refractivity contribution in [2.45, 2.75) is 5.75 Å². The summed E-state index contributed by atoms with van der Waals surface area (Å²) in [6.45, 7) is 0. The molecule has 3 N–H and O–H groups in total. The van der Waals surface area contributed by atoms with Crippen molar-refractivity contribution in [3.63, 3.8) is 0 Å². The number of halogens is 2. The zero-order chi connectivity index (χ0) is 14.8. The number of hydrogen-bond acceptors (Lipinski definition) is 3. The van der Waals surface area contributed by atoms with Gasteiger partial charge in [0, 0.05) is 5.69 Å². The van der Waals surface area contributed by atoms with Crippen molar-refractivity contribution in [3.05, 3.63) is 59.7 Å². The number of nitrogens with two attached hydrogens (primary N) is 1. The minimum Gasteiger partial charge on any atom is -0.399 e. The first-order valence-corrected chi connectivity index (χ1v) is 7.31. The molecule has 20 heavy (non-hydrogen) atoms. The smallest absolute Gasteiger partial charge is 0.237 e. The fraction of sp³-hybridized carbons (Fsp3) is 0.0769. The van der Waals surface area contributed by atoms with Gasteiger partial charge in [0.25, 0.3) is 0 Å². The van der Waals surface area contributed by atoms with E-state index < -0.39 is 27.3 Å². The predicted octanol–water partition coefficient (Wildman–Crippen LogP) is 2.49. The number of sulfonamides is 1. The van der Waals surface area contributed by atoms with Crippen molar-refractivity contribution in [1.82, 2.24) is 0 Å². The van der Waals surface area contributed by atoms with E-state index in [0.29, 0.717) is 11.3 Å². The predicted molar refractivity (Wildman–Crippen MR) is 73.5 cm³/mol. The second-order valence-electron chi connectivity index (χ2n) is 4.20. The van der Waals surface area contributed by atoms with E-state index in [0.717, 1.165) is 12.1 Å². The van der Waals surface area contributed by atoms with Gasteiger partial charge >= 0.3 is 0 Å². The quantitative estimate of drug-likeness (QED) is 0.852. The molecule has 2 rings (SSSR count). The molecule has 0 amide bonds. The lowest BCUT2D eigenvalue weighted by Gasteiger charge is -2.09. The van der Waals surface area contributed by atoms with Gasteiger partial charge in [0.1, 0.15) is 0 Å². The average molecular weight is 298 g/mol. The third-order valence-electron chi connectivity index (χ3n) is 2.55. The van der Waals surface area contributed by atoms with Crippen molar-refractivity contribution in [3.8, 4) is 0 Å². The van der Waals surface area contributed by atoms with Crippen LogP contribution in [0.1, 0.15) is 5.56 Å². The molecule has 0 saturated heterocycles. The molecule has 0 fully saturated rings. The fourth-order valence-corrected chi connectivity index (χ4v) is 2.82. The molecular formula is C13H12F2N2O2S. The Kier molecular flexibility index (Phi) is 3.89. The summed E-state index contributed by atoms with van der Waals surface area (Å²) in [4.78, 5) is 0. The van der Waals surface area contributed by atoms with Crippen LogP contribution in [0.2, 0.25) is 0 Å². The Bertz CT molecular complexity index is 716. The second kappa shape index (κ2) is 5.46. The van der Waals surface area contributed by atoms with E-state index in [1.54, 1.807) is 24.3 Å². The number of anilines is 2. The highest BCUT2D eigenvalue weighted by atomic mass is 32.2. The lowest BCUT2D eigenvalue weighted by Crippen LogP contribution is -2.16. The second-order valence-corrected chi connectivity index (χ2v) is 5.93. The first kappa shape index (κ1) is 14.3. The zero-order valence-electron chi connectivity index (χ0n) is 10.3. The monoisotopic (exact) mass is 298 g/mol. The maximum atomic E-state index is 13.4. The van der Waals surface area contributed by atoms with Crippen LogP contribution in [0.4, 0.5) is 20.2 Å². The van der Waals surface area contributed by atoms with E-state index in [9.17, 15) is 17.2 Å². The van der Waals surface area contributed by atoms with Crippen LogP contribution >= 0.6 is 0 Å². The molecule has 2 aromatic rings. The lowest BCUT2D eigenvalue weighted by atomic mass is 10.2. The van der Waals surface area contributed by atoms with Crippen LogP contribution in [-0.4, -0.2) is 8.42 Å². The molecule has 0 aliphatic heterocycles. The molecule has 0 aliphatic rings. The summed E-state index contributed by atoms with van der Waals surface area (Å²) in [6, 6.07) is 9.51. The van der Waals surface area contributed by atoms with Crippen LogP contribution in [0.15, 0.2) is 42.5 Å². The van der Waals surface area contributed by atoms with Gasteiger partial charge in [-0.25, -0.2) is 17.2 Å². The van der Waals surface area contributed by atoms with Gasteiger partial charge in [0.15, 0.2) is 11.6 Å². The summed E-state index contributed by atoms with van der Waals surface area (Å²) in [5.41, 5.74) is 6.08. The van der Waals surface area contributed by atoms with E-state index >= 15 is 0 Å². The van der Waals surface area contributed by atoms with Crippen molar-refractivity contribution < 1.29 is 17.2 Å². The molecule has 7 heteroatoms. The summed E-state index contributed by atoms with van der Waals surface area (Å²) in [5, 5.41) is 0. The van der Waals surface area contributed by atoms with E-state index in [-0.39, 0.29) is 5.75 Å². The van der Waals surface area contributed by atoms with E-state index in [1.165, 1.54) is 6.07 Å². The maximum Gasteiger partial charge on any atom is 0.237 e. The number of nitrogen functional groups attached to an aromatic ring is 1. The van der Waals surface area contributed by atoms with Crippen LogP contribution in [0.25, 0.3) is 0 Å². The van der Waals surface area contributed by atoms with Gasteiger partial charge in [0.2, 0.25) is 10.0 Å². The highest BCUT2D eigenvalue weighted by Crippen LogP contribution is 2.19. The molecule has 4 nitrogen and oxygen atoms in total. The zero-order valence-corrected chi connectivity index (χ0v) is 11.1. The highest BCUT2D eigenvalue weighted by molar-refractivity contribution is 7.91. The van der Waals surface area contributed by atoms with Crippen LogP contribution in [0, 0.1) is 11.6 Å². The fourth-order valence-electron chi connectivity index (χ4n) is 1.62. The van der Waals surface area contributed by atoms with E-state index in [2.05, 4.69) is 0 Å². The summed E-state index contributed by atoms with van der Waals surface area (Å²) < 4.78 is 52.2. The normalized spacial score (nSPS) is 11.3. The van der Waals surface area contributed by atoms with Gasteiger partial charge in [-0.1, -0.05) is 18.2 Å². The van der Waals surface area contributed by atoms with Gasteiger partial charge in [-0.05, 0) is 29.8 Å². The molecule has 0 aliphatic carbocycles. The summed E-state index contributed by atoms with van der Waals surface area (Å²) in [6.07, 6.45) is 0. The topological polar surface area (TPSA) is 72.2 Å².